The van der Waals surface area contributed by atoms with Crippen molar-refractivity contribution in [2.75, 3.05) is 13.7 Å². The number of carbonyl (C=O) groups is 1. The van der Waals surface area contributed by atoms with Gasteiger partial charge in [-0.15, -0.1) is 0 Å². The predicted molar refractivity (Wildman–Crippen MR) is 77.5 cm³/mol. The minimum atomic E-state index is -4.72. The van der Waals surface area contributed by atoms with Crippen LogP contribution in [0.25, 0.3) is 0 Å². The molecule has 1 aromatic carbocycles. The molecule has 0 saturated heterocycles. The molecule has 0 heterocycles. The quantitative estimate of drug-likeness (QED) is 0.744. The Kier molecular flexibility index (Phi) is 6.06. The van der Waals surface area contributed by atoms with Crippen molar-refractivity contribution in [1.29, 1.82) is 0 Å². The monoisotopic (exact) mass is 373 g/mol. The smallest absolute Gasteiger partial charge is 0.416 e. The molecule has 0 aliphatic carbocycles. The number of esters is 1. The number of hydrogen-bond acceptors (Lipinski definition) is 4. The molecule has 0 N–H and O–H groups in total. The molecular weight excluding hydrogens is 359 g/mol. The van der Waals surface area contributed by atoms with Crippen molar-refractivity contribution in [1.82, 2.24) is 4.31 Å². The zero-order valence-electron chi connectivity index (χ0n) is 12.5. The zero-order valence-corrected chi connectivity index (χ0v) is 14.1. The Hall–Kier alpha value is -1.32. The van der Waals surface area contributed by atoms with E-state index in [0.717, 1.165) is 17.5 Å². The highest BCUT2D eigenvalue weighted by molar-refractivity contribution is 7.89. The van der Waals surface area contributed by atoms with Gasteiger partial charge in [-0.25, -0.2) is 8.42 Å². The van der Waals surface area contributed by atoms with E-state index in [1.54, 1.807) is 0 Å². The van der Waals surface area contributed by atoms with Crippen LogP contribution in [0.2, 0.25) is 5.02 Å². The van der Waals surface area contributed by atoms with Crippen molar-refractivity contribution >= 4 is 27.6 Å². The van der Waals surface area contributed by atoms with E-state index in [0.29, 0.717) is 12.1 Å². The van der Waals surface area contributed by atoms with Gasteiger partial charge in [0, 0.05) is 6.04 Å². The van der Waals surface area contributed by atoms with Crippen molar-refractivity contribution in [3.05, 3.63) is 28.8 Å². The van der Waals surface area contributed by atoms with Gasteiger partial charge in [0.1, 0.15) is 11.4 Å². The van der Waals surface area contributed by atoms with Gasteiger partial charge < -0.3 is 4.74 Å². The molecule has 130 valence electrons. The lowest BCUT2D eigenvalue weighted by atomic mass is 10.2. The molecule has 0 radical (unpaired) electrons. The van der Waals surface area contributed by atoms with Crippen molar-refractivity contribution < 1.29 is 31.1 Å². The predicted octanol–water partition coefficient (Wildman–Crippen LogP) is 2.93. The molecule has 1 aromatic rings. The molecule has 0 fully saturated rings. The van der Waals surface area contributed by atoms with E-state index in [9.17, 15) is 26.4 Å². The third-order valence-corrected chi connectivity index (χ3v) is 5.44. The van der Waals surface area contributed by atoms with Crippen LogP contribution < -0.4 is 0 Å². The van der Waals surface area contributed by atoms with Gasteiger partial charge >= 0.3 is 12.1 Å². The van der Waals surface area contributed by atoms with Crippen LogP contribution in [0, 0.1) is 0 Å². The molecule has 10 heteroatoms. The number of ether oxygens (including phenoxy) is 1. The van der Waals surface area contributed by atoms with E-state index in [1.165, 1.54) is 13.8 Å². The van der Waals surface area contributed by atoms with Crippen LogP contribution in [-0.4, -0.2) is 38.4 Å². The Labute approximate surface area is 137 Å². The number of hydrogen-bond donors (Lipinski definition) is 0. The van der Waals surface area contributed by atoms with Crippen LogP contribution >= 0.6 is 11.6 Å². The van der Waals surface area contributed by atoms with Crippen LogP contribution in [0.15, 0.2) is 23.1 Å². The summed E-state index contributed by atoms with van der Waals surface area (Å²) in [5, 5.41) is -0.367. The highest BCUT2D eigenvalue weighted by Gasteiger charge is 2.35. The van der Waals surface area contributed by atoms with Crippen LogP contribution in [0.5, 0.6) is 0 Å². The van der Waals surface area contributed by atoms with Gasteiger partial charge in [-0.3, -0.25) is 4.79 Å². The third kappa shape index (κ3) is 4.58. The lowest BCUT2D eigenvalue weighted by molar-refractivity contribution is -0.141. The maximum absolute atomic E-state index is 12.8. The average Bonchev–Trinajstić information content (AvgIpc) is 2.42. The van der Waals surface area contributed by atoms with E-state index in [4.69, 9.17) is 11.6 Å². The summed E-state index contributed by atoms with van der Waals surface area (Å²) in [7, 11) is -3.34. The summed E-state index contributed by atoms with van der Waals surface area (Å²) in [4.78, 5) is 10.7. The van der Waals surface area contributed by atoms with Gasteiger partial charge in [-0.1, -0.05) is 11.6 Å². The first-order valence-electron chi connectivity index (χ1n) is 6.36. The van der Waals surface area contributed by atoms with Crippen molar-refractivity contribution in [3.8, 4) is 0 Å². The van der Waals surface area contributed by atoms with Crippen LogP contribution in [-0.2, 0) is 25.7 Å². The average molecular weight is 374 g/mol. The number of sulfonamides is 1. The van der Waals surface area contributed by atoms with Crippen molar-refractivity contribution in [2.24, 2.45) is 0 Å². The zero-order chi connectivity index (χ0) is 18.0. The molecule has 0 unspecified atom stereocenters. The number of nitrogens with zero attached hydrogens (tertiary/aromatic N) is 1. The summed E-state index contributed by atoms with van der Waals surface area (Å²) in [6.07, 6.45) is -4.72. The van der Waals surface area contributed by atoms with Crippen LogP contribution in [0.4, 0.5) is 13.2 Å². The molecule has 0 saturated carbocycles. The van der Waals surface area contributed by atoms with E-state index in [1.807, 2.05) is 0 Å². The Morgan fingerprint density at radius 1 is 1.35 bits per heavy atom. The fourth-order valence-corrected chi connectivity index (χ4v) is 3.82. The van der Waals surface area contributed by atoms with Gasteiger partial charge in [0.15, 0.2) is 0 Å². The van der Waals surface area contributed by atoms with Gasteiger partial charge in [-0.2, -0.15) is 17.5 Å². The highest BCUT2D eigenvalue weighted by atomic mass is 35.5. The molecule has 0 aromatic heterocycles. The minimum Gasteiger partial charge on any atom is -0.468 e. The second kappa shape index (κ2) is 7.06. The first-order chi connectivity index (χ1) is 10.4. The third-order valence-electron chi connectivity index (χ3n) is 2.93. The molecule has 0 bridgehead atoms. The second-order valence-corrected chi connectivity index (χ2v) is 7.13. The number of benzene rings is 1. The van der Waals surface area contributed by atoms with Crippen LogP contribution in [0.3, 0.4) is 0 Å². The molecule has 0 spiro atoms. The fourth-order valence-electron chi connectivity index (χ4n) is 1.74. The highest BCUT2D eigenvalue weighted by Crippen LogP contribution is 2.34. The molecule has 0 aliphatic rings. The first kappa shape index (κ1) is 19.7. The van der Waals surface area contributed by atoms with E-state index in [2.05, 4.69) is 4.74 Å². The van der Waals surface area contributed by atoms with E-state index < -0.39 is 45.2 Å². The minimum absolute atomic E-state index is 0.367. The largest absolute Gasteiger partial charge is 0.468 e. The molecule has 5 nitrogen and oxygen atoms in total. The Bertz CT molecular complexity index is 689. The molecule has 0 atom stereocenters. The maximum atomic E-state index is 12.8. The number of alkyl halides is 3. The summed E-state index contributed by atoms with van der Waals surface area (Å²) in [5.41, 5.74) is -1.15. The van der Waals surface area contributed by atoms with Gasteiger partial charge in [0.2, 0.25) is 10.0 Å². The fraction of sp³-hybridized carbons (Fsp3) is 0.462. The van der Waals surface area contributed by atoms with Crippen molar-refractivity contribution in [3.63, 3.8) is 0 Å². The Morgan fingerprint density at radius 2 is 1.91 bits per heavy atom. The molecular formula is C13H15ClF3NO4S. The molecule has 0 amide bonds. The Morgan fingerprint density at radius 3 is 2.35 bits per heavy atom. The normalized spacial score (nSPS) is 12.7. The topological polar surface area (TPSA) is 63.7 Å². The lowest BCUT2D eigenvalue weighted by Crippen LogP contribution is -2.41. The number of rotatable bonds is 5. The van der Waals surface area contributed by atoms with Crippen LogP contribution in [0.1, 0.15) is 19.4 Å². The summed E-state index contributed by atoms with van der Waals surface area (Å²) in [6.45, 7) is 2.31. The number of halogens is 4. The van der Waals surface area contributed by atoms with E-state index in [-0.39, 0.29) is 5.02 Å². The molecule has 1 rings (SSSR count). The summed E-state index contributed by atoms with van der Waals surface area (Å²) in [5.74, 6) is -0.842. The summed E-state index contributed by atoms with van der Waals surface area (Å²) in [6, 6.07) is 1.30. The standard InChI is InChI=1S/C13H15ClF3NO4S/c1-8(2)18(7-12(19)22-3)23(20,21)11-6-9(13(15,16)17)4-5-10(11)14/h4-6,8H,7H2,1-3H3. The van der Waals surface area contributed by atoms with Gasteiger partial charge in [-0.05, 0) is 32.0 Å². The SMILES string of the molecule is COC(=O)CN(C(C)C)S(=O)(=O)c1cc(C(F)(F)F)ccc1Cl. The molecule has 23 heavy (non-hydrogen) atoms. The van der Waals surface area contributed by atoms with E-state index >= 15 is 0 Å². The molecule has 0 aliphatic heterocycles. The number of carbonyl (C=O) groups excluding carboxylic acids is 1. The number of methoxy groups -OCH3 is 1. The van der Waals surface area contributed by atoms with Gasteiger partial charge in [0.25, 0.3) is 0 Å². The van der Waals surface area contributed by atoms with Gasteiger partial charge in [0.05, 0.1) is 17.7 Å². The lowest BCUT2D eigenvalue weighted by Gasteiger charge is -2.25. The summed E-state index contributed by atoms with van der Waals surface area (Å²) >= 11 is 5.76. The van der Waals surface area contributed by atoms with Crippen molar-refractivity contribution in [2.45, 2.75) is 31.0 Å². The Balaban J connectivity index is 3.43. The maximum Gasteiger partial charge on any atom is 0.416 e. The summed E-state index contributed by atoms with van der Waals surface area (Å²) < 4.78 is 68.7. The first-order valence-corrected chi connectivity index (χ1v) is 8.18. The second-order valence-electron chi connectivity index (χ2n) is 4.86.